The van der Waals surface area contributed by atoms with Gasteiger partial charge in [-0.25, -0.2) is 4.68 Å². The van der Waals surface area contributed by atoms with E-state index < -0.39 is 23.9 Å². The summed E-state index contributed by atoms with van der Waals surface area (Å²) in [5.41, 5.74) is 0.385. The first-order valence-electron chi connectivity index (χ1n) is 9.90. The van der Waals surface area contributed by atoms with Crippen molar-refractivity contribution in [1.29, 1.82) is 0 Å². The van der Waals surface area contributed by atoms with Gasteiger partial charge in [0.25, 0.3) is 11.8 Å². The quantitative estimate of drug-likeness (QED) is 0.576. The molecule has 0 saturated heterocycles. The van der Waals surface area contributed by atoms with Crippen LogP contribution in [0.25, 0.3) is 0 Å². The van der Waals surface area contributed by atoms with E-state index in [1.165, 1.54) is 6.92 Å². The Morgan fingerprint density at radius 2 is 1.80 bits per heavy atom. The van der Waals surface area contributed by atoms with E-state index in [2.05, 4.69) is 15.7 Å². The highest BCUT2D eigenvalue weighted by molar-refractivity contribution is 5.97. The molecule has 0 aliphatic heterocycles. The van der Waals surface area contributed by atoms with Gasteiger partial charge in [-0.15, -0.1) is 0 Å². The summed E-state index contributed by atoms with van der Waals surface area (Å²) in [4.78, 5) is 36.5. The largest absolute Gasteiger partial charge is 0.494 e. The topological polar surface area (TPSA) is 112 Å². The highest BCUT2D eigenvalue weighted by atomic mass is 16.5. The molecule has 0 saturated carbocycles. The molecule has 2 N–H and O–H groups in total. The van der Waals surface area contributed by atoms with Crippen LogP contribution < -0.4 is 15.4 Å². The predicted molar refractivity (Wildman–Crippen MR) is 111 cm³/mol. The van der Waals surface area contributed by atoms with Gasteiger partial charge in [-0.1, -0.05) is 6.92 Å². The first-order chi connectivity index (χ1) is 14.3. The number of hydrogen-bond acceptors (Lipinski definition) is 6. The summed E-state index contributed by atoms with van der Waals surface area (Å²) in [6.07, 6.45) is 1.41. The third-order valence-electron chi connectivity index (χ3n) is 4.43. The van der Waals surface area contributed by atoms with E-state index in [0.717, 1.165) is 6.42 Å². The van der Waals surface area contributed by atoms with Gasteiger partial charge in [-0.05, 0) is 51.5 Å². The number of amides is 2. The van der Waals surface area contributed by atoms with E-state index in [4.69, 9.17) is 9.47 Å². The molecule has 30 heavy (non-hydrogen) atoms. The molecule has 0 bridgehead atoms. The van der Waals surface area contributed by atoms with Crippen molar-refractivity contribution in [2.45, 2.75) is 46.3 Å². The lowest BCUT2D eigenvalue weighted by Crippen LogP contribution is -2.36. The third kappa shape index (κ3) is 6.33. The fourth-order valence-electron chi connectivity index (χ4n) is 2.58. The molecule has 1 heterocycles. The molecule has 0 aliphatic rings. The summed E-state index contributed by atoms with van der Waals surface area (Å²) in [6.45, 7) is 7.51. The third-order valence-corrected chi connectivity index (χ3v) is 4.43. The number of rotatable bonds is 10. The van der Waals surface area contributed by atoms with Crippen LogP contribution in [0.1, 0.15) is 50.5 Å². The first-order valence-corrected chi connectivity index (χ1v) is 9.90. The maximum absolute atomic E-state index is 12.3. The summed E-state index contributed by atoms with van der Waals surface area (Å²) < 4.78 is 12.1. The summed E-state index contributed by atoms with van der Waals surface area (Å²) >= 11 is 0. The monoisotopic (exact) mass is 416 g/mol. The number of benzene rings is 1. The molecule has 9 heteroatoms. The predicted octanol–water partition coefficient (Wildman–Crippen LogP) is 2.55. The fraction of sp³-hybridized carbons (Fsp3) is 0.429. The molecule has 0 unspecified atom stereocenters. The number of carbonyl (C=O) groups is 3. The molecular formula is C21H28N4O5. The van der Waals surface area contributed by atoms with E-state index in [1.54, 1.807) is 41.2 Å². The molecule has 1 aromatic heterocycles. The van der Waals surface area contributed by atoms with Gasteiger partial charge in [0.2, 0.25) is 0 Å². The Kier molecular flexibility index (Phi) is 8.40. The van der Waals surface area contributed by atoms with Gasteiger partial charge in [0.05, 0.1) is 18.8 Å². The summed E-state index contributed by atoms with van der Waals surface area (Å²) in [7, 11) is 0. The second kappa shape index (κ2) is 11.0. The molecule has 2 aromatic rings. The average Bonchev–Trinajstić information content (AvgIpc) is 3.20. The zero-order valence-electron chi connectivity index (χ0n) is 17.7. The number of esters is 1. The number of ether oxygens (including phenoxy) is 2. The van der Waals surface area contributed by atoms with Crippen LogP contribution in [-0.2, 0) is 14.3 Å². The van der Waals surface area contributed by atoms with E-state index >= 15 is 0 Å². The smallest absolute Gasteiger partial charge is 0.326 e. The Morgan fingerprint density at radius 3 is 2.43 bits per heavy atom. The van der Waals surface area contributed by atoms with Crippen LogP contribution in [0.15, 0.2) is 36.5 Å². The molecule has 0 spiro atoms. The van der Waals surface area contributed by atoms with Crippen LogP contribution in [0.5, 0.6) is 5.75 Å². The van der Waals surface area contributed by atoms with Crippen molar-refractivity contribution in [3.8, 4) is 5.75 Å². The summed E-state index contributed by atoms with van der Waals surface area (Å²) in [5.74, 6) is -0.438. The fourth-order valence-corrected chi connectivity index (χ4v) is 2.58. The minimum atomic E-state index is -1.03. The van der Waals surface area contributed by atoms with E-state index in [-0.39, 0.29) is 12.6 Å². The zero-order valence-corrected chi connectivity index (χ0v) is 17.7. The van der Waals surface area contributed by atoms with Crippen LogP contribution in [0.3, 0.4) is 0 Å². The minimum Gasteiger partial charge on any atom is -0.494 e. The lowest BCUT2D eigenvalue weighted by molar-refractivity contribution is -0.152. The van der Waals surface area contributed by atoms with Crippen molar-refractivity contribution in [2.75, 3.05) is 18.5 Å². The molecule has 2 amide bonds. The van der Waals surface area contributed by atoms with Gasteiger partial charge in [-0.2, -0.15) is 5.10 Å². The van der Waals surface area contributed by atoms with Crippen LogP contribution in [0.2, 0.25) is 0 Å². The van der Waals surface area contributed by atoms with E-state index in [0.29, 0.717) is 23.7 Å². The van der Waals surface area contributed by atoms with Crippen molar-refractivity contribution in [2.24, 2.45) is 0 Å². The Hall–Kier alpha value is -3.36. The van der Waals surface area contributed by atoms with Crippen molar-refractivity contribution in [3.63, 3.8) is 0 Å². The average molecular weight is 416 g/mol. The summed E-state index contributed by atoms with van der Waals surface area (Å²) in [5, 5.41) is 9.37. The molecule has 1 aromatic carbocycles. The molecule has 162 valence electrons. The first kappa shape index (κ1) is 22.9. The van der Waals surface area contributed by atoms with Crippen molar-refractivity contribution in [1.82, 2.24) is 15.1 Å². The zero-order chi connectivity index (χ0) is 22.1. The maximum atomic E-state index is 12.3. The van der Waals surface area contributed by atoms with Gasteiger partial charge in [0, 0.05) is 11.6 Å². The molecule has 0 fully saturated rings. The second-order valence-corrected chi connectivity index (χ2v) is 6.68. The Balaban J connectivity index is 1.81. The van der Waals surface area contributed by atoms with Crippen molar-refractivity contribution >= 4 is 23.6 Å². The Labute approximate surface area is 175 Å². The number of nitrogens with zero attached hydrogens (tertiary/aromatic N) is 2. The van der Waals surface area contributed by atoms with Gasteiger partial charge >= 0.3 is 5.97 Å². The standard InChI is InChI=1S/C21H28N4O5/c1-5-14(3)25-18(11-12-23-25)24-20(27)15(4)30-19(26)13-22-21(28)16-7-9-17(10-8-16)29-6-2/h7-12,14-15H,5-6,13H2,1-4H3,(H,22,28)(H,24,27)/t14-,15+/m0/s1. The lowest BCUT2D eigenvalue weighted by Gasteiger charge is -2.17. The molecule has 9 nitrogen and oxygen atoms in total. The van der Waals surface area contributed by atoms with Crippen LogP contribution in [0, 0.1) is 0 Å². The molecular weight excluding hydrogens is 388 g/mol. The van der Waals surface area contributed by atoms with Crippen LogP contribution in [-0.4, -0.2) is 46.8 Å². The molecule has 2 rings (SSSR count). The number of hydrogen-bond donors (Lipinski definition) is 2. The lowest BCUT2D eigenvalue weighted by atomic mass is 10.2. The highest BCUT2D eigenvalue weighted by Crippen LogP contribution is 2.17. The Morgan fingerprint density at radius 1 is 1.10 bits per heavy atom. The van der Waals surface area contributed by atoms with E-state index in [9.17, 15) is 14.4 Å². The highest BCUT2D eigenvalue weighted by Gasteiger charge is 2.20. The Bertz CT molecular complexity index is 863. The van der Waals surface area contributed by atoms with Gasteiger partial charge in [-0.3, -0.25) is 14.4 Å². The normalized spacial score (nSPS) is 12.5. The summed E-state index contributed by atoms with van der Waals surface area (Å²) in [6, 6.07) is 8.34. The van der Waals surface area contributed by atoms with Crippen molar-refractivity contribution in [3.05, 3.63) is 42.1 Å². The number of carbonyl (C=O) groups excluding carboxylic acids is 3. The van der Waals surface area contributed by atoms with Gasteiger partial charge in [0.1, 0.15) is 18.1 Å². The van der Waals surface area contributed by atoms with E-state index in [1.807, 2.05) is 20.8 Å². The second-order valence-electron chi connectivity index (χ2n) is 6.68. The molecule has 2 atom stereocenters. The van der Waals surface area contributed by atoms with Gasteiger partial charge in [0.15, 0.2) is 6.10 Å². The minimum absolute atomic E-state index is 0.117. The number of nitrogens with one attached hydrogen (secondary N) is 2. The SMILES string of the molecule is CCOc1ccc(C(=O)NCC(=O)O[C@H](C)C(=O)Nc2ccnn2[C@@H](C)CC)cc1. The number of anilines is 1. The van der Waals surface area contributed by atoms with Gasteiger partial charge < -0.3 is 20.1 Å². The number of aromatic nitrogens is 2. The van der Waals surface area contributed by atoms with Crippen LogP contribution >= 0.6 is 0 Å². The van der Waals surface area contributed by atoms with Crippen LogP contribution in [0.4, 0.5) is 5.82 Å². The maximum Gasteiger partial charge on any atom is 0.326 e. The van der Waals surface area contributed by atoms with Crippen molar-refractivity contribution < 1.29 is 23.9 Å². The molecule has 0 aliphatic carbocycles. The molecule has 0 radical (unpaired) electrons.